The van der Waals surface area contributed by atoms with Crippen LogP contribution in [0.15, 0.2) is 171 Å². The molecule has 0 radical (unpaired) electrons. The first-order valence-electron chi connectivity index (χ1n) is 25.2. The number of rotatable bonds is 6. The van der Waals surface area contributed by atoms with Crippen LogP contribution in [-0.2, 0) is 0 Å². The first kappa shape index (κ1) is 58.7. The van der Waals surface area contributed by atoms with E-state index in [-0.39, 0.29) is 0 Å². The number of nitrogens with zero attached hydrogens (tertiary/aromatic N) is 18. The lowest BCUT2D eigenvalue weighted by Crippen LogP contribution is -2.02. The van der Waals surface area contributed by atoms with Crippen LogP contribution < -0.4 is 0 Å². The molecule has 0 aliphatic carbocycles. The average Bonchev–Trinajstić information content (AvgIpc) is 4.30. The van der Waals surface area contributed by atoms with Crippen molar-refractivity contribution in [1.82, 2.24) is 90.0 Å². The van der Waals surface area contributed by atoms with Crippen LogP contribution in [0.5, 0.6) is 0 Å². The molecular formula is C59H61Cl3N18. The van der Waals surface area contributed by atoms with E-state index in [1.807, 2.05) is 82.3 Å². The van der Waals surface area contributed by atoms with Crippen molar-refractivity contribution in [3.8, 4) is 34.1 Å². The Hall–Kier alpha value is -8.97. The Bertz CT molecular complexity index is 3570. The molecule has 18 nitrogen and oxygen atoms in total. The van der Waals surface area contributed by atoms with Gasteiger partial charge in [0.1, 0.15) is 0 Å². The zero-order valence-electron chi connectivity index (χ0n) is 46.3. The number of aromatic nitrogens is 18. The highest BCUT2D eigenvalue weighted by Crippen LogP contribution is 2.23. The molecule has 408 valence electrons. The first-order chi connectivity index (χ1) is 38.4. The van der Waals surface area contributed by atoms with E-state index in [9.17, 15) is 0 Å². The van der Waals surface area contributed by atoms with Crippen molar-refractivity contribution in [1.29, 1.82) is 0 Å². The molecule has 0 unspecified atom stereocenters. The summed E-state index contributed by atoms with van der Waals surface area (Å²) in [5.41, 5.74) is 18.9. The van der Waals surface area contributed by atoms with Gasteiger partial charge >= 0.3 is 0 Å². The average molecular weight is 1130 g/mol. The monoisotopic (exact) mass is 1130 g/mol. The molecule has 0 fully saturated rings. The van der Waals surface area contributed by atoms with E-state index in [4.69, 9.17) is 34.8 Å². The normalized spacial score (nSPS) is 10.4. The Balaban J connectivity index is 0.000000139. The van der Waals surface area contributed by atoms with Gasteiger partial charge in [-0.25, -0.2) is 0 Å². The van der Waals surface area contributed by atoms with E-state index < -0.39 is 0 Å². The molecule has 6 heterocycles. The highest BCUT2D eigenvalue weighted by atomic mass is 35.5. The molecule has 12 aromatic rings. The maximum absolute atomic E-state index is 6.00. The van der Waals surface area contributed by atoms with Crippen LogP contribution in [0.1, 0.15) is 61.2 Å². The van der Waals surface area contributed by atoms with Gasteiger partial charge in [-0.05, 0) is 192 Å². The third-order valence-corrected chi connectivity index (χ3v) is 13.0. The van der Waals surface area contributed by atoms with Gasteiger partial charge in [-0.2, -0.15) is 90.0 Å². The summed E-state index contributed by atoms with van der Waals surface area (Å²) in [4.78, 5) is 9.66. The maximum Gasteiger partial charge on any atom is 0.0900 e. The minimum Gasteiger partial charge on any atom is -0.157 e. The summed E-state index contributed by atoms with van der Waals surface area (Å²) in [5, 5.41) is 51.1. The standard InChI is InChI=1S/C11H13N3.C10H10ClN3.2C10H11N3.2C9H8ClN3/c1-8-6-10(3)11(7-9(8)2)14-12-4-5-13-14;1-7-6-10(8(2)5-9(7)11)14-12-3-4-13-14;1-8-3-4-10(9(2)7-8)13-11-5-6-12-13;1-8-3-4-9(2)10(7-8)13-11-5-6-12-13;1-7-6-8(10)2-3-9(7)13-11-4-5-12-13;1-7-2-3-8(10)6-9(7)13-11-4-5-12-13/h4-7H,1-3H3;3-6H,1-2H3;2*3-7H,1-2H3;2*2-6H,1H3. The molecule has 6 aromatic carbocycles. The molecule has 0 saturated carbocycles. The van der Waals surface area contributed by atoms with Crippen LogP contribution in [0.4, 0.5) is 0 Å². The van der Waals surface area contributed by atoms with Crippen molar-refractivity contribution in [3.63, 3.8) is 0 Å². The van der Waals surface area contributed by atoms with E-state index in [0.29, 0.717) is 5.02 Å². The second-order valence-corrected chi connectivity index (χ2v) is 19.7. The Morgan fingerprint density at radius 3 is 0.950 bits per heavy atom. The molecular weight excluding hydrogens is 1070 g/mol. The number of hydrogen-bond acceptors (Lipinski definition) is 12. The van der Waals surface area contributed by atoms with Gasteiger partial charge in [0.05, 0.1) is 108 Å². The summed E-state index contributed by atoms with van der Waals surface area (Å²) in [6, 6.07) is 31.9. The van der Waals surface area contributed by atoms with Gasteiger partial charge in [0.15, 0.2) is 0 Å². The summed E-state index contributed by atoms with van der Waals surface area (Å²) in [7, 11) is 0. The third kappa shape index (κ3) is 16.1. The Morgan fingerprint density at radius 2 is 0.512 bits per heavy atom. The zero-order valence-corrected chi connectivity index (χ0v) is 48.6. The summed E-state index contributed by atoms with van der Waals surface area (Å²) in [5.74, 6) is 0. The fourth-order valence-corrected chi connectivity index (χ4v) is 8.40. The van der Waals surface area contributed by atoms with Gasteiger partial charge in [0.2, 0.25) is 0 Å². The first-order valence-corrected chi connectivity index (χ1v) is 26.3. The van der Waals surface area contributed by atoms with E-state index in [0.717, 1.165) is 66.4 Å². The minimum absolute atomic E-state index is 0.693. The van der Waals surface area contributed by atoms with Gasteiger partial charge in [-0.3, -0.25) is 0 Å². The molecule has 0 bridgehead atoms. The van der Waals surface area contributed by atoms with Crippen LogP contribution in [0.2, 0.25) is 15.1 Å². The van der Waals surface area contributed by atoms with Crippen molar-refractivity contribution in [3.05, 3.63) is 248 Å². The third-order valence-electron chi connectivity index (χ3n) is 12.1. The highest BCUT2D eigenvalue weighted by Gasteiger charge is 2.08. The Kier molecular flexibility index (Phi) is 20.6. The van der Waals surface area contributed by atoms with Crippen molar-refractivity contribution < 1.29 is 0 Å². The van der Waals surface area contributed by atoms with E-state index in [2.05, 4.69) is 152 Å². The smallest absolute Gasteiger partial charge is 0.0900 e. The Morgan fingerprint density at radius 1 is 0.225 bits per heavy atom. The summed E-state index contributed by atoms with van der Waals surface area (Å²) < 4.78 is 0. The van der Waals surface area contributed by atoms with E-state index in [1.165, 1.54) is 38.9 Å². The summed E-state index contributed by atoms with van der Waals surface area (Å²) >= 11 is 17.7. The fourth-order valence-electron chi connectivity index (χ4n) is 7.79. The zero-order chi connectivity index (χ0) is 57.3. The second kappa shape index (κ2) is 28.1. The molecule has 0 amide bonds. The number of halogens is 3. The molecule has 0 saturated heterocycles. The van der Waals surface area contributed by atoms with E-state index in [1.54, 1.807) is 103 Å². The van der Waals surface area contributed by atoms with Gasteiger partial charge in [-0.1, -0.05) is 76.8 Å². The molecule has 0 aliphatic heterocycles. The topological polar surface area (TPSA) is 184 Å². The van der Waals surface area contributed by atoms with Gasteiger partial charge in [-0.15, -0.1) is 0 Å². The quantitative estimate of drug-likeness (QED) is 0.154. The molecule has 0 N–H and O–H groups in total. The molecule has 80 heavy (non-hydrogen) atoms. The molecule has 0 aliphatic rings. The summed E-state index contributed by atoms with van der Waals surface area (Å²) in [6.45, 7) is 22.5. The van der Waals surface area contributed by atoms with Crippen molar-refractivity contribution in [2.45, 2.75) is 76.2 Å². The molecule has 6 aromatic heterocycles. The van der Waals surface area contributed by atoms with Crippen molar-refractivity contribution in [2.24, 2.45) is 0 Å². The van der Waals surface area contributed by atoms with Gasteiger partial charge in [0, 0.05) is 15.1 Å². The number of aryl methyl sites for hydroxylation is 11. The van der Waals surface area contributed by atoms with Crippen molar-refractivity contribution >= 4 is 34.8 Å². The second-order valence-electron chi connectivity index (χ2n) is 18.5. The van der Waals surface area contributed by atoms with Crippen LogP contribution >= 0.6 is 34.8 Å². The maximum atomic E-state index is 6.00. The van der Waals surface area contributed by atoms with Crippen molar-refractivity contribution in [2.75, 3.05) is 0 Å². The van der Waals surface area contributed by atoms with Crippen LogP contribution in [0.3, 0.4) is 0 Å². The minimum atomic E-state index is 0.693. The van der Waals surface area contributed by atoms with Crippen LogP contribution in [0, 0.1) is 76.2 Å². The van der Waals surface area contributed by atoms with Gasteiger partial charge < -0.3 is 0 Å². The van der Waals surface area contributed by atoms with Gasteiger partial charge in [0.25, 0.3) is 0 Å². The lowest BCUT2D eigenvalue weighted by Gasteiger charge is -2.08. The molecule has 21 heteroatoms. The van der Waals surface area contributed by atoms with E-state index >= 15 is 0 Å². The lowest BCUT2D eigenvalue weighted by molar-refractivity contribution is 0.746. The number of benzene rings is 6. The predicted molar refractivity (Wildman–Crippen MR) is 315 cm³/mol. The largest absolute Gasteiger partial charge is 0.157 e. The highest BCUT2D eigenvalue weighted by molar-refractivity contribution is 6.31. The molecule has 12 rings (SSSR count). The Labute approximate surface area is 480 Å². The van der Waals surface area contributed by atoms with Crippen LogP contribution in [-0.4, -0.2) is 90.0 Å². The SMILES string of the molecule is Cc1cc(-n2nccn2)c(C)cc1Cl.Cc1cc(C)c(-n2nccn2)cc1C.Cc1cc(Cl)ccc1-n1nccn1.Cc1ccc(-n2nccn2)c(C)c1.Cc1ccc(C)c(-n2nccn2)c1.Cc1ccc(Cl)cc1-n1nccn1. The van der Waals surface area contributed by atoms with Crippen LogP contribution in [0.25, 0.3) is 34.1 Å². The summed E-state index contributed by atoms with van der Waals surface area (Å²) in [6.07, 6.45) is 20.0. The molecule has 0 spiro atoms. The molecule has 0 atom stereocenters. The lowest BCUT2D eigenvalue weighted by atomic mass is 10.1. The fraction of sp³-hybridized carbons (Fsp3) is 0.186. The number of hydrogen-bond donors (Lipinski definition) is 0. The predicted octanol–water partition coefficient (Wildman–Crippen LogP) is 13.0.